The predicted octanol–water partition coefficient (Wildman–Crippen LogP) is 2.74. The molecule has 1 fully saturated rings. The van der Waals surface area contributed by atoms with Crippen molar-refractivity contribution >= 4 is 36.6 Å². The van der Waals surface area contributed by atoms with Gasteiger partial charge >= 0.3 is 13.7 Å². The number of anilines is 2. The molecule has 224 valence electrons. The number of nitrogens with one attached hydrogen (secondary N) is 2. The number of rotatable bonds is 11. The van der Waals surface area contributed by atoms with Crippen LogP contribution in [0, 0.1) is 0 Å². The van der Waals surface area contributed by atoms with E-state index in [1.807, 2.05) is 0 Å². The van der Waals surface area contributed by atoms with Crippen LogP contribution in [-0.2, 0) is 29.1 Å². The number of carbonyl (C=O) groups excluding carboxylic acids is 1. The van der Waals surface area contributed by atoms with Crippen molar-refractivity contribution in [1.29, 1.82) is 0 Å². The summed E-state index contributed by atoms with van der Waals surface area (Å²) >= 11 is 0. The molecule has 5 N–H and O–H groups in total. The third-order valence-electron chi connectivity index (χ3n) is 6.74. The highest BCUT2D eigenvalue weighted by Gasteiger charge is 2.63. The van der Waals surface area contributed by atoms with E-state index in [1.165, 1.54) is 24.7 Å². The second-order valence-corrected chi connectivity index (χ2v) is 11.9. The van der Waals surface area contributed by atoms with Crippen molar-refractivity contribution in [2.24, 2.45) is 0 Å². The lowest BCUT2D eigenvalue weighted by Crippen LogP contribution is -2.50. The average molecular weight is 596 g/mol. The Kier molecular flexibility index (Phi) is 8.58. The number of hydrogen-bond acceptors (Lipinski definition) is 12. The molecule has 41 heavy (non-hydrogen) atoms. The highest BCUT2D eigenvalue weighted by molar-refractivity contribution is 7.52. The van der Waals surface area contributed by atoms with Crippen LogP contribution in [0.1, 0.15) is 34.6 Å². The van der Waals surface area contributed by atoms with Crippen LogP contribution < -0.4 is 20.7 Å². The quantitative estimate of drug-likeness (QED) is 0.188. The van der Waals surface area contributed by atoms with Crippen LogP contribution in [0.3, 0.4) is 0 Å². The number of carbonyl (C=O) groups is 1. The van der Waals surface area contributed by atoms with E-state index < -0.39 is 56.1 Å². The molecule has 14 nitrogen and oxygen atoms in total. The minimum Gasteiger partial charge on any atom is -0.462 e. The molecule has 2 unspecified atom stereocenters. The Labute approximate surface area is 236 Å². The number of fused-ring (bicyclic) bond motifs is 1. The molecule has 1 aromatic carbocycles. The number of aliphatic hydroxyl groups is 1. The second kappa shape index (κ2) is 11.5. The lowest BCUT2D eigenvalue weighted by atomic mass is 9.90. The summed E-state index contributed by atoms with van der Waals surface area (Å²) in [5.74, 6) is -0.260. The Morgan fingerprint density at radius 2 is 1.95 bits per heavy atom. The molecule has 0 spiro atoms. The van der Waals surface area contributed by atoms with Crippen molar-refractivity contribution < 1.29 is 37.4 Å². The number of halogens is 1. The van der Waals surface area contributed by atoms with Gasteiger partial charge in [-0.3, -0.25) is 13.9 Å². The summed E-state index contributed by atoms with van der Waals surface area (Å²) in [5, 5.41) is 16.4. The molecule has 6 atom stereocenters. The molecule has 0 amide bonds. The first-order valence-electron chi connectivity index (χ1n) is 12.9. The second-order valence-electron chi connectivity index (χ2n) is 10.2. The number of imidazole rings is 1. The van der Waals surface area contributed by atoms with Crippen LogP contribution in [0.15, 0.2) is 36.7 Å². The largest absolute Gasteiger partial charge is 0.462 e. The molecule has 2 aromatic heterocycles. The Morgan fingerprint density at radius 1 is 1.27 bits per heavy atom. The number of hydrogen-bond donors (Lipinski definition) is 4. The summed E-state index contributed by atoms with van der Waals surface area (Å²) in [4.78, 5) is 25.0. The van der Waals surface area contributed by atoms with Gasteiger partial charge in [0.2, 0.25) is 5.95 Å². The Hall–Kier alpha value is -3.36. The number of aromatic nitrogens is 4. The van der Waals surface area contributed by atoms with Crippen molar-refractivity contribution in [3.05, 3.63) is 36.7 Å². The smallest absolute Gasteiger partial charge is 0.459 e. The van der Waals surface area contributed by atoms with Gasteiger partial charge < -0.3 is 30.2 Å². The molecule has 1 aliphatic rings. The molecular weight excluding hydrogens is 560 g/mol. The summed E-state index contributed by atoms with van der Waals surface area (Å²) < 4.78 is 54.0. The van der Waals surface area contributed by atoms with E-state index in [-0.39, 0.29) is 17.3 Å². The number of nitrogens with zero attached hydrogens (tertiary/aromatic N) is 4. The maximum Gasteiger partial charge on any atom is 0.459 e. The minimum atomic E-state index is -4.30. The van der Waals surface area contributed by atoms with E-state index in [4.69, 9.17) is 24.3 Å². The standard InChI is InChI=1S/C25H35FN7O7P/c1-14(2)38-22(35)15(3)32-41(36,40-16-10-8-7-9-11-16)37-12-17-19(34)24(4,26)25(5,39-17)33-13-29-18-20(28-6)30-23(27)31-21(18)33/h7-11,13-15,17,19,34H,12H2,1-6H3,(H,32,36)(H3,27,28,30,31)/t15-,17?,19+,24+,25?,41+/m0/s1. The van der Waals surface area contributed by atoms with Gasteiger partial charge in [0, 0.05) is 7.05 Å². The number of benzene rings is 1. The maximum atomic E-state index is 16.3. The van der Waals surface area contributed by atoms with Gasteiger partial charge in [-0.05, 0) is 46.8 Å². The van der Waals surface area contributed by atoms with Crippen LogP contribution in [0.25, 0.3) is 11.2 Å². The van der Waals surface area contributed by atoms with Gasteiger partial charge in [0.25, 0.3) is 0 Å². The fourth-order valence-corrected chi connectivity index (χ4v) is 5.93. The van der Waals surface area contributed by atoms with E-state index in [9.17, 15) is 14.5 Å². The molecule has 1 saturated heterocycles. The normalized spacial score (nSPS) is 26.6. The number of alkyl halides is 1. The van der Waals surface area contributed by atoms with E-state index in [0.717, 1.165) is 6.92 Å². The SMILES string of the molecule is CNc1nc(N)nc2c1ncn2C1(C)OC(CO[P@](=O)(N[C@@H](C)C(=O)OC(C)C)Oc2ccccc2)[C@@H](O)[C@@]1(C)F. The third kappa shape index (κ3) is 5.99. The first-order chi connectivity index (χ1) is 19.2. The molecule has 1 aliphatic heterocycles. The molecule has 0 bridgehead atoms. The van der Waals surface area contributed by atoms with Gasteiger partial charge in [0.1, 0.15) is 24.0 Å². The fourth-order valence-electron chi connectivity index (χ4n) is 4.42. The van der Waals surface area contributed by atoms with Crippen LogP contribution >= 0.6 is 7.75 Å². The molecule has 3 heterocycles. The van der Waals surface area contributed by atoms with Crippen LogP contribution in [0.4, 0.5) is 16.2 Å². The van der Waals surface area contributed by atoms with Crippen molar-refractivity contribution in [3.8, 4) is 5.75 Å². The zero-order valence-corrected chi connectivity index (χ0v) is 24.5. The predicted molar refractivity (Wildman–Crippen MR) is 148 cm³/mol. The van der Waals surface area contributed by atoms with Gasteiger partial charge in [0.15, 0.2) is 28.4 Å². The zero-order valence-electron chi connectivity index (χ0n) is 23.6. The van der Waals surface area contributed by atoms with Gasteiger partial charge in [-0.1, -0.05) is 18.2 Å². The zero-order chi connectivity index (χ0) is 30.2. The van der Waals surface area contributed by atoms with Gasteiger partial charge in [-0.15, -0.1) is 0 Å². The maximum absolute atomic E-state index is 16.3. The lowest BCUT2D eigenvalue weighted by molar-refractivity contribution is -0.149. The summed E-state index contributed by atoms with van der Waals surface area (Å²) in [5.41, 5.74) is 2.05. The summed E-state index contributed by atoms with van der Waals surface area (Å²) in [7, 11) is -2.68. The van der Waals surface area contributed by atoms with Crippen LogP contribution in [0.5, 0.6) is 5.75 Å². The third-order valence-corrected chi connectivity index (χ3v) is 8.38. The van der Waals surface area contributed by atoms with E-state index in [0.29, 0.717) is 11.3 Å². The first-order valence-corrected chi connectivity index (χ1v) is 14.5. The van der Waals surface area contributed by atoms with Crippen LogP contribution in [-0.4, -0.2) is 74.3 Å². The number of para-hydroxylation sites is 1. The van der Waals surface area contributed by atoms with Crippen molar-refractivity contribution in [1.82, 2.24) is 24.6 Å². The van der Waals surface area contributed by atoms with E-state index >= 15 is 4.39 Å². The number of aliphatic hydroxyl groups excluding tert-OH is 1. The summed E-state index contributed by atoms with van der Waals surface area (Å²) in [6, 6.07) is 7.04. The highest BCUT2D eigenvalue weighted by Crippen LogP contribution is 2.50. The minimum absolute atomic E-state index is 0.0821. The fraction of sp³-hybridized carbons (Fsp3) is 0.520. The van der Waals surface area contributed by atoms with E-state index in [2.05, 4.69) is 25.4 Å². The summed E-state index contributed by atoms with van der Waals surface area (Å²) in [6.45, 7) is 6.78. The molecule has 0 saturated carbocycles. The first kappa shape index (κ1) is 30.6. The molecular formula is C25H35FN7O7P. The van der Waals surface area contributed by atoms with Crippen LogP contribution in [0.2, 0.25) is 0 Å². The molecule has 16 heteroatoms. The van der Waals surface area contributed by atoms with Crippen molar-refractivity contribution in [2.75, 3.05) is 24.7 Å². The Bertz CT molecular complexity index is 1440. The summed E-state index contributed by atoms with van der Waals surface area (Å²) in [6.07, 6.45) is -2.18. The number of nitrogen functional groups attached to an aromatic ring is 1. The van der Waals surface area contributed by atoms with Gasteiger partial charge in [-0.2, -0.15) is 15.1 Å². The number of ether oxygens (including phenoxy) is 2. The highest BCUT2D eigenvalue weighted by atomic mass is 31.2. The molecule has 0 aliphatic carbocycles. The average Bonchev–Trinajstić information content (AvgIpc) is 3.40. The van der Waals surface area contributed by atoms with Crippen molar-refractivity contribution in [2.45, 2.75) is 70.4 Å². The molecule has 3 aromatic rings. The van der Waals surface area contributed by atoms with Gasteiger partial charge in [0.05, 0.1) is 19.0 Å². The van der Waals surface area contributed by atoms with E-state index in [1.54, 1.807) is 51.2 Å². The topological polar surface area (TPSA) is 185 Å². The monoisotopic (exact) mass is 595 g/mol. The Balaban J connectivity index is 1.60. The lowest BCUT2D eigenvalue weighted by Gasteiger charge is -2.35. The molecule has 0 radical (unpaired) electrons. The number of nitrogens with two attached hydrogens (primary N) is 1. The Morgan fingerprint density at radius 3 is 2.59 bits per heavy atom. The van der Waals surface area contributed by atoms with Crippen molar-refractivity contribution in [3.63, 3.8) is 0 Å². The van der Waals surface area contributed by atoms with Gasteiger partial charge in [-0.25, -0.2) is 13.9 Å². The number of esters is 1. The molecule has 4 rings (SSSR count).